The van der Waals surface area contributed by atoms with Crippen molar-refractivity contribution in [3.8, 4) is 10.6 Å². The topological polar surface area (TPSA) is 88.5 Å². The van der Waals surface area contributed by atoms with Crippen LogP contribution >= 0.6 is 11.3 Å². The van der Waals surface area contributed by atoms with E-state index in [0.29, 0.717) is 37.7 Å². The Balaban J connectivity index is 1.30. The molecule has 0 radical (unpaired) electrons. The minimum atomic E-state index is -0.912. The Labute approximate surface area is 197 Å². The fourth-order valence-electron chi connectivity index (χ4n) is 4.75. The van der Waals surface area contributed by atoms with Crippen LogP contribution in [0.5, 0.6) is 0 Å². The first-order chi connectivity index (χ1) is 16.1. The molecule has 5 rings (SSSR count). The monoisotopic (exact) mass is 464 g/mol. The highest BCUT2D eigenvalue weighted by Gasteiger charge is 2.31. The van der Waals surface area contributed by atoms with Crippen molar-refractivity contribution < 1.29 is 19.4 Å². The van der Waals surface area contributed by atoms with Gasteiger partial charge in [-0.25, -0.2) is 4.98 Å². The summed E-state index contributed by atoms with van der Waals surface area (Å²) in [5, 5.41) is 17.9. The smallest absolute Gasteiger partial charge is 0.307 e. The average Bonchev–Trinajstić information content (AvgIpc) is 3.25. The van der Waals surface area contributed by atoms with Crippen molar-refractivity contribution in [2.45, 2.75) is 44.4 Å². The predicted molar refractivity (Wildman–Crippen MR) is 130 cm³/mol. The van der Waals surface area contributed by atoms with Crippen LogP contribution in [0.2, 0.25) is 0 Å². The van der Waals surface area contributed by atoms with Gasteiger partial charge in [0.2, 0.25) is 5.91 Å². The highest BCUT2D eigenvalue weighted by molar-refractivity contribution is 7.13. The SMILES string of the molecule is O=C(CC(C(=O)O)C1CCOCC1)Nc1ccc2ccc(-c3nc(C4CCC4)cs3)cc2c1. The number of hydrogen-bond acceptors (Lipinski definition) is 5. The Hall–Kier alpha value is -2.77. The van der Waals surface area contributed by atoms with Crippen molar-refractivity contribution in [2.24, 2.45) is 11.8 Å². The molecule has 6 nitrogen and oxygen atoms in total. The standard InChI is InChI=1S/C26H28N2O4S/c29-24(14-22(26(30)31)17-8-10-32-11-9-17)27-21-7-6-16-4-5-19(12-20(16)13-21)25-28-23(15-33-25)18-2-1-3-18/h4-7,12-13,15,17-18,22H,1-3,8-11,14H2,(H,27,29)(H,30,31). The Morgan fingerprint density at radius 2 is 1.88 bits per heavy atom. The molecule has 2 aromatic carbocycles. The molecule has 3 aromatic rings. The molecule has 2 fully saturated rings. The zero-order valence-corrected chi connectivity index (χ0v) is 19.3. The Bertz CT molecular complexity index is 1160. The summed E-state index contributed by atoms with van der Waals surface area (Å²) in [7, 11) is 0. The van der Waals surface area contributed by atoms with Crippen molar-refractivity contribution in [1.82, 2.24) is 4.98 Å². The number of ether oxygens (including phenoxy) is 1. The first-order valence-corrected chi connectivity index (χ1v) is 12.5. The zero-order chi connectivity index (χ0) is 22.8. The van der Waals surface area contributed by atoms with Crippen LogP contribution in [-0.4, -0.2) is 35.2 Å². The third-order valence-corrected chi connectivity index (χ3v) is 7.88. The second kappa shape index (κ2) is 9.61. The van der Waals surface area contributed by atoms with Gasteiger partial charge in [0.15, 0.2) is 0 Å². The van der Waals surface area contributed by atoms with Crippen LogP contribution in [-0.2, 0) is 14.3 Å². The maximum absolute atomic E-state index is 12.7. The van der Waals surface area contributed by atoms with Gasteiger partial charge in [0.05, 0.1) is 11.6 Å². The second-order valence-electron chi connectivity index (χ2n) is 9.13. The van der Waals surface area contributed by atoms with E-state index in [9.17, 15) is 14.7 Å². The number of carbonyl (C=O) groups excluding carboxylic acids is 1. The van der Waals surface area contributed by atoms with Crippen LogP contribution < -0.4 is 5.32 Å². The van der Waals surface area contributed by atoms with E-state index in [2.05, 4.69) is 28.9 Å². The molecule has 0 spiro atoms. The average molecular weight is 465 g/mol. The molecule has 1 saturated heterocycles. The van der Waals surface area contributed by atoms with E-state index in [0.717, 1.165) is 21.3 Å². The second-order valence-corrected chi connectivity index (χ2v) is 9.99. The molecular formula is C26H28N2O4S. The van der Waals surface area contributed by atoms with E-state index in [1.807, 2.05) is 18.2 Å². The minimum absolute atomic E-state index is 0.0238. The van der Waals surface area contributed by atoms with Crippen LogP contribution in [0.1, 0.15) is 50.1 Å². The fourth-order valence-corrected chi connectivity index (χ4v) is 5.65. The van der Waals surface area contributed by atoms with E-state index in [-0.39, 0.29) is 18.2 Å². The number of fused-ring (bicyclic) bond motifs is 1. The summed E-state index contributed by atoms with van der Waals surface area (Å²) in [5.41, 5.74) is 2.96. The van der Waals surface area contributed by atoms with Crippen LogP contribution in [0.15, 0.2) is 41.8 Å². The molecule has 1 atom stereocenters. The Kier molecular flexibility index (Phi) is 6.42. The summed E-state index contributed by atoms with van der Waals surface area (Å²) in [6.07, 6.45) is 5.11. The number of amides is 1. The van der Waals surface area contributed by atoms with Crippen molar-refractivity contribution in [3.05, 3.63) is 47.5 Å². The normalized spacial score (nSPS) is 18.1. The third-order valence-electron chi connectivity index (χ3n) is 6.97. The lowest BCUT2D eigenvalue weighted by atomic mass is 9.83. The number of carboxylic acids is 1. The summed E-state index contributed by atoms with van der Waals surface area (Å²) in [6.45, 7) is 1.12. The van der Waals surface area contributed by atoms with Crippen molar-refractivity contribution in [1.29, 1.82) is 0 Å². The van der Waals surface area contributed by atoms with E-state index in [4.69, 9.17) is 9.72 Å². The molecule has 2 N–H and O–H groups in total. The molecule has 1 saturated carbocycles. The number of rotatable bonds is 7. The van der Waals surface area contributed by atoms with Crippen LogP contribution in [0, 0.1) is 11.8 Å². The number of aliphatic carboxylic acids is 1. The Morgan fingerprint density at radius 3 is 2.61 bits per heavy atom. The molecule has 2 aliphatic rings. The lowest BCUT2D eigenvalue weighted by molar-refractivity contribution is -0.147. The predicted octanol–water partition coefficient (Wildman–Crippen LogP) is 5.69. The van der Waals surface area contributed by atoms with Gasteiger partial charge in [0.1, 0.15) is 5.01 Å². The van der Waals surface area contributed by atoms with Gasteiger partial charge in [-0.3, -0.25) is 9.59 Å². The molecule has 33 heavy (non-hydrogen) atoms. The number of hydrogen-bond donors (Lipinski definition) is 2. The number of nitrogens with one attached hydrogen (secondary N) is 1. The summed E-state index contributed by atoms with van der Waals surface area (Å²) < 4.78 is 5.34. The molecular weight excluding hydrogens is 436 g/mol. The molecule has 2 heterocycles. The van der Waals surface area contributed by atoms with Gasteiger partial charge in [-0.15, -0.1) is 11.3 Å². The molecule has 1 aliphatic heterocycles. The van der Waals surface area contributed by atoms with Gasteiger partial charge in [-0.1, -0.05) is 24.6 Å². The van der Waals surface area contributed by atoms with Crippen molar-refractivity contribution >= 4 is 39.7 Å². The van der Waals surface area contributed by atoms with E-state index < -0.39 is 11.9 Å². The number of anilines is 1. The number of carboxylic acid groups (broad SMARTS) is 1. The zero-order valence-electron chi connectivity index (χ0n) is 18.5. The number of benzene rings is 2. The lowest BCUT2D eigenvalue weighted by Crippen LogP contribution is -2.32. The largest absolute Gasteiger partial charge is 0.481 e. The fraction of sp³-hybridized carbons (Fsp3) is 0.423. The van der Waals surface area contributed by atoms with Crippen LogP contribution in [0.25, 0.3) is 21.3 Å². The van der Waals surface area contributed by atoms with E-state index >= 15 is 0 Å². The molecule has 172 valence electrons. The first-order valence-electron chi connectivity index (χ1n) is 11.7. The quantitative estimate of drug-likeness (QED) is 0.469. The van der Waals surface area contributed by atoms with Crippen LogP contribution in [0.4, 0.5) is 5.69 Å². The summed E-state index contributed by atoms with van der Waals surface area (Å²) >= 11 is 1.68. The maximum Gasteiger partial charge on any atom is 0.307 e. The summed E-state index contributed by atoms with van der Waals surface area (Å²) in [5.74, 6) is -1.27. The van der Waals surface area contributed by atoms with Gasteiger partial charge in [-0.2, -0.15) is 0 Å². The highest BCUT2D eigenvalue weighted by atomic mass is 32.1. The van der Waals surface area contributed by atoms with Gasteiger partial charge in [0.25, 0.3) is 0 Å². The molecule has 1 amide bonds. The third kappa shape index (κ3) is 4.94. The van der Waals surface area contributed by atoms with E-state index in [1.54, 1.807) is 11.3 Å². The summed E-state index contributed by atoms with van der Waals surface area (Å²) in [6, 6.07) is 12.1. The molecule has 0 bridgehead atoms. The molecule has 1 aromatic heterocycles. The highest BCUT2D eigenvalue weighted by Crippen LogP contribution is 2.38. The maximum atomic E-state index is 12.7. The number of aromatic nitrogens is 1. The van der Waals surface area contributed by atoms with Gasteiger partial charge < -0.3 is 15.2 Å². The van der Waals surface area contributed by atoms with Gasteiger partial charge in [0, 0.05) is 42.2 Å². The van der Waals surface area contributed by atoms with Crippen LogP contribution in [0.3, 0.4) is 0 Å². The van der Waals surface area contributed by atoms with Crippen molar-refractivity contribution in [3.63, 3.8) is 0 Å². The molecule has 1 unspecified atom stereocenters. The minimum Gasteiger partial charge on any atom is -0.481 e. The number of carbonyl (C=O) groups is 2. The number of nitrogens with zero attached hydrogens (tertiary/aromatic N) is 1. The van der Waals surface area contributed by atoms with Gasteiger partial charge in [-0.05, 0) is 60.6 Å². The molecule has 7 heteroatoms. The summed E-state index contributed by atoms with van der Waals surface area (Å²) in [4.78, 5) is 29.3. The lowest BCUT2D eigenvalue weighted by Gasteiger charge is -2.27. The first kappa shape index (κ1) is 22.0. The Morgan fingerprint density at radius 1 is 1.09 bits per heavy atom. The van der Waals surface area contributed by atoms with E-state index in [1.165, 1.54) is 25.0 Å². The van der Waals surface area contributed by atoms with Crippen molar-refractivity contribution in [2.75, 3.05) is 18.5 Å². The molecule has 1 aliphatic carbocycles. The number of thiazole rings is 1. The van der Waals surface area contributed by atoms with Gasteiger partial charge >= 0.3 is 5.97 Å².